The van der Waals surface area contributed by atoms with E-state index in [1.807, 2.05) is 0 Å². The zero-order chi connectivity index (χ0) is 12.7. The van der Waals surface area contributed by atoms with Crippen LogP contribution in [0.3, 0.4) is 0 Å². The smallest absolute Gasteiger partial charge is 0.328 e. The number of hydrogen-bond acceptors (Lipinski definition) is 2. The van der Waals surface area contributed by atoms with E-state index in [0.29, 0.717) is 12.3 Å². The molecule has 0 saturated heterocycles. The van der Waals surface area contributed by atoms with Crippen LogP contribution < -0.4 is 5.32 Å². The molecule has 1 aliphatic rings. The number of aliphatic carboxylic acids is 1. The van der Waals surface area contributed by atoms with E-state index >= 15 is 0 Å². The molecule has 1 saturated carbocycles. The molecule has 2 N–H and O–H groups in total. The normalized spacial score (nSPS) is 18.6. The van der Waals surface area contributed by atoms with E-state index in [2.05, 4.69) is 5.32 Å². The van der Waals surface area contributed by atoms with Crippen LogP contribution in [0.15, 0.2) is 0 Å². The van der Waals surface area contributed by atoms with Crippen molar-refractivity contribution in [3.05, 3.63) is 0 Å². The predicted octanol–water partition coefficient (Wildman–Crippen LogP) is 1.89. The van der Waals surface area contributed by atoms with Crippen molar-refractivity contribution < 1.29 is 19.1 Å². The van der Waals surface area contributed by atoms with E-state index < -0.39 is 18.7 Å². The van der Waals surface area contributed by atoms with Crippen molar-refractivity contribution in [1.29, 1.82) is 0 Å². The Morgan fingerprint density at radius 3 is 2.47 bits per heavy atom. The van der Waals surface area contributed by atoms with Gasteiger partial charge in [0.25, 0.3) is 0 Å². The molecule has 0 radical (unpaired) electrons. The number of carbonyl (C=O) groups excluding carboxylic acids is 1. The maximum Gasteiger partial charge on any atom is 0.328 e. The number of hydrogen-bond donors (Lipinski definition) is 2. The molecule has 1 amide bonds. The fourth-order valence-corrected chi connectivity index (χ4v) is 2.24. The average Bonchev–Trinajstić information content (AvgIpc) is 2.34. The molecule has 98 valence electrons. The van der Waals surface area contributed by atoms with Gasteiger partial charge in [-0.15, -0.1) is 0 Å². The van der Waals surface area contributed by atoms with Crippen molar-refractivity contribution >= 4 is 11.9 Å². The maximum absolute atomic E-state index is 12.3. The topological polar surface area (TPSA) is 66.4 Å². The second-order valence-corrected chi connectivity index (χ2v) is 4.66. The monoisotopic (exact) mass is 245 g/mol. The molecule has 1 rings (SSSR count). The Morgan fingerprint density at radius 2 is 1.94 bits per heavy atom. The highest BCUT2D eigenvalue weighted by Gasteiger charge is 2.20. The van der Waals surface area contributed by atoms with Crippen LogP contribution in [0.1, 0.15) is 44.9 Å². The molecule has 0 spiro atoms. The Bertz CT molecular complexity index is 264. The number of alkyl halides is 1. The molecule has 0 heterocycles. The Balaban J connectivity index is 2.21. The summed E-state index contributed by atoms with van der Waals surface area (Å²) in [6, 6.07) is -1.39. The number of rotatable bonds is 6. The van der Waals surface area contributed by atoms with Gasteiger partial charge in [-0.2, -0.15) is 0 Å². The van der Waals surface area contributed by atoms with E-state index in [1.165, 1.54) is 19.3 Å². The summed E-state index contributed by atoms with van der Waals surface area (Å²) in [6.45, 7) is -1.06. The first-order chi connectivity index (χ1) is 8.13. The minimum atomic E-state index is -1.39. The first kappa shape index (κ1) is 13.9. The minimum absolute atomic E-state index is 0.300. The molecule has 1 atom stereocenters. The molecule has 1 aliphatic carbocycles. The van der Waals surface area contributed by atoms with Gasteiger partial charge >= 0.3 is 5.97 Å². The largest absolute Gasteiger partial charge is 0.480 e. The Labute approximate surface area is 101 Å². The first-order valence-electron chi connectivity index (χ1n) is 6.21. The molecule has 0 bridgehead atoms. The molecule has 0 aliphatic heterocycles. The number of halogens is 1. The lowest BCUT2D eigenvalue weighted by Crippen LogP contribution is -2.42. The number of amides is 1. The number of carboxylic acid groups (broad SMARTS) is 1. The van der Waals surface area contributed by atoms with Gasteiger partial charge in [0.05, 0.1) is 0 Å². The highest BCUT2D eigenvalue weighted by Crippen LogP contribution is 2.27. The van der Waals surface area contributed by atoms with Crippen LogP contribution in [0.25, 0.3) is 0 Å². The Hall–Kier alpha value is -1.13. The van der Waals surface area contributed by atoms with Crippen molar-refractivity contribution in [2.75, 3.05) is 6.67 Å². The van der Waals surface area contributed by atoms with E-state index in [4.69, 9.17) is 5.11 Å². The maximum atomic E-state index is 12.3. The van der Waals surface area contributed by atoms with Gasteiger partial charge in [0.1, 0.15) is 6.67 Å². The summed E-state index contributed by atoms with van der Waals surface area (Å²) >= 11 is 0. The van der Waals surface area contributed by atoms with Crippen LogP contribution in [0.4, 0.5) is 4.39 Å². The molecule has 4 nitrogen and oxygen atoms in total. The number of carbonyl (C=O) groups is 2. The lowest BCUT2D eigenvalue weighted by Gasteiger charge is -2.21. The first-order valence-corrected chi connectivity index (χ1v) is 6.21. The van der Waals surface area contributed by atoms with Crippen LogP contribution in [0, 0.1) is 5.92 Å². The van der Waals surface area contributed by atoms with Crippen LogP contribution >= 0.6 is 0 Å². The lowest BCUT2D eigenvalue weighted by molar-refractivity contribution is -0.142. The van der Waals surface area contributed by atoms with Crippen molar-refractivity contribution in [1.82, 2.24) is 5.32 Å². The fourth-order valence-electron chi connectivity index (χ4n) is 2.24. The third kappa shape index (κ3) is 5.15. The summed E-state index contributed by atoms with van der Waals surface area (Å²) < 4.78 is 12.3. The molecular weight excluding hydrogens is 225 g/mol. The van der Waals surface area contributed by atoms with Crippen molar-refractivity contribution in [3.8, 4) is 0 Å². The van der Waals surface area contributed by atoms with Crippen molar-refractivity contribution in [2.45, 2.75) is 51.0 Å². The third-order valence-corrected chi connectivity index (χ3v) is 3.29. The minimum Gasteiger partial charge on any atom is -0.480 e. The lowest BCUT2D eigenvalue weighted by atomic mass is 9.86. The van der Waals surface area contributed by atoms with Crippen LogP contribution in [-0.4, -0.2) is 29.7 Å². The zero-order valence-electron chi connectivity index (χ0n) is 9.95. The number of carboxylic acids is 1. The van der Waals surface area contributed by atoms with Gasteiger partial charge < -0.3 is 10.4 Å². The highest BCUT2D eigenvalue weighted by molar-refractivity contribution is 5.83. The van der Waals surface area contributed by atoms with Gasteiger partial charge in [-0.3, -0.25) is 4.79 Å². The summed E-state index contributed by atoms with van der Waals surface area (Å²) in [6.07, 6.45) is 7.09. The second kappa shape index (κ2) is 7.25. The van der Waals surface area contributed by atoms with Gasteiger partial charge in [-0.1, -0.05) is 32.1 Å². The quantitative estimate of drug-likeness (QED) is 0.751. The van der Waals surface area contributed by atoms with Gasteiger partial charge in [0, 0.05) is 6.42 Å². The molecular formula is C12H20FNO3. The number of nitrogens with one attached hydrogen (secondary N) is 1. The van der Waals surface area contributed by atoms with Gasteiger partial charge in [0.15, 0.2) is 6.04 Å². The summed E-state index contributed by atoms with van der Waals surface area (Å²) in [5, 5.41) is 10.8. The zero-order valence-corrected chi connectivity index (χ0v) is 9.95. The van der Waals surface area contributed by atoms with Crippen LogP contribution in [0.5, 0.6) is 0 Å². The summed E-state index contributed by atoms with van der Waals surface area (Å²) in [5.74, 6) is -1.11. The van der Waals surface area contributed by atoms with Crippen molar-refractivity contribution in [3.63, 3.8) is 0 Å². The van der Waals surface area contributed by atoms with E-state index in [0.717, 1.165) is 19.3 Å². The fraction of sp³-hybridized carbons (Fsp3) is 0.833. The van der Waals surface area contributed by atoms with E-state index in [9.17, 15) is 14.0 Å². The van der Waals surface area contributed by atoms with E-state index in [-0.39, 0.29) is 5.91 Å². The van der Waals surface area contributed by atoms with Crippen LogP contribution in [-0.2, 0) is 9.59 Å². The molecule has 1 fully saturated rings. The van der Waals surface area contributed by atoms with E-state index in [1.54, 1.807) is 0 Å². The van der Waals surface area contributed by atoms with Crippen LogP contribution in [0.2, 0.25) is 0 Å². The molecule has 17 heavy (non-hydrogen) atoms. The van der Waals surface area contributed by atoms with Gasteiger partial charge in [-0.05, 0) is 12.3 Å². The molecule has 5 heteroatoms. The van der Waals surface area contributed by atoms with Crippen molar-refractivity contribution in [2.24, 2.45) is 5.92 Å². The van der Waals surface area contributed by atoms with Gasteiger partial charge in [0.2, 0.25) is 5.91 Å². The average molecular weight is 245 g/mol. The summed E-state index contributed by atoms with van der Waals surface area (Å²) in [7, 11) is 0. The standard InChI is InChI=1S/C12H20FNO3/c13-8-10(12(16)17)14-11(15)7-6-9-4-2-1-3-5-9/h9-10H,1-8H2,(H,14,15)(H,16,17). The summed E-state index contributed by atoms with van der Waals surface area (Å²) in [5.41, 5.74) is 0. The highest BCUT2D eigenvalue weighted by atomic mass is 19.1. The SMILES string of the molecule is O=C(CCC1CCCCC1)NC(CF)C(=O)O. The summed E-state index contributed by atoms with van der Waals surface area (Å²) in [4.78, 5) is 21.9. The third-order valence-electron chi connectivity index (χ3n) is 3.29. The predicted molar refractivity (Wildman–Crippen MR) is 61.4 cm³/mol. The molecule has 0 aromatic carbocycles. The Kier molecular flexibility index (Phi) is 5.94. The molecule has 0 aromatic heterocycles. The second-order valence-electron chi connectivity index (χ2n) is 4.66. The van der Waals surface area contributed by atoms with Gasteiger partial charge in [-0.25, -0.2) is 9.18 Å². The molecule has 0 aromatic rings. The Morgan fingerprint density at radius 1 is 1.29 bits per heavy atom. The molecule has 1 unspecified atom stereocenters.